The van der Waals surface area contributed by atoms with Crippen LogP contribution in [0, 0.1) is 0 Å². The van der Waals surface area contributed by atoms with Crippen molar-refractivity contribution in [2.45, 2.75) is 130 Å². The van der Waals surface area contributed by atoms with Gasteiger partial charge in [-0.15, -0.1) is 0 Å². The minimum atomic E-state index is -4.42. The molecule has 1 aliphatic carbocycles. The Morgan fingerprint density at radius 2 is 1.08 bits per heavy atom. The molecule has 0 unspecified atom stereocenters. The number of benzene rings is 3. The van der Waals surface area contributed by atoms with Gasteiger partial charge in [-0.3, -0.25) is 0 Å². The third kappa shape index (κ3) is 5.70. The molecule has 1 nitrogen and oxygen atoms in total. The minimum Gasteiger partial charge on any atom is -0.398 e. The number of rotatable bonds is 2. The molecule has 0 atom stereocenters. The predicted octanol–water partition coefficient (Wildman–Crippen LogP) is 10.8. The van der Waals surface area contributed by atoms with E-state index in [1.165, 1.54) is 6.07 Å². The SMILES string of the molecule is [2H]c1c([2H])c2c(c([2H])c1-c1cc(C(C)(C)C)cc(-c3cc(C(C)(C)C)cc(C(C)(C)C)c3)c1N)C(C([2H])([2H])[2H])(C([2H])([2H])[2H])C([2H])([2H])C([2H])([2H])C2(C([2H])([2H])[2H])C([2H])([2H])[2H]. The van der Waals surface area contributed by atoms with Gasteiger partial charge in [0.25, 0.3) is 0 Å². The Morgan fingerprint density at radius 1 is 0.641 bits per heavy atom. The van der Waals surface area contributed by atoms with Crippen LogP contribution in [0.3, 0.4) is 0 Å². The molecule has 2 N–H and O–H groups in total. The summed E-state index contributed by atoms with van der Waals surface area (Å²) in [4.78, 5) is 0. The first-order chi connectivity index (χ1) is 25.4. The maximum absolute atomic E-state index is 9.72. The van der Waals surface area contributed by atoms with E-state index in [0.29, 0.717) is 16.7 Å². The van der Waals surface area contributed by atoms with Gasteiger partial charge in [-0.25, -0.2) is 0 Å². The first-order valence-corrected chi connectivity index (χ1v) is 13.2. The Hall–Kier alpha value is -2.54. The van der Waals surface area contributed by atoms with E-state index >= 15 is 0 Å². The molecule has 0 saturated heterocycles. The number of nitrogens with two attached hydrogens (primary N) is 1. The van der Waals surface area contributed by atoms with E-state index in [0.717, 1.165) is 11.1 Å². The van der Waals surface area contributed by atoms with Crippen molar-refractivity contribution in [3.8, 4) is 22.3 Å². The minimum absolute atomic E-state index is 0.110. The van der Waals surface area contributed by atoms with Crippen LogP contribution in [0.5, 0.6) is 0 Å². The van der Waals surface area contributed by atoms with Crippen molar-refractivity contribution < 1.29 is 26.0 Å². The zero-order valence-corrected chi connectivity index (χ0v) is 24.5. The summed E-state index contributed by atoms with van der Waals surface area (Å²) in [6, 6.07) is 5.47. The number of hydrogen-bond acceptors (Lipinski definition) is 1. The van der Waals surface area contributed by atoms with Crippen molar-refractivity contribution in [3.05, 3.63) is 76.3 Å². The maximum Gasteiger partial charge on any atom is 0.0632 e. The molecule has 0 heterocycles. The topological polar surface area (TPSA) is 26.0 Å². The molecule has 0 fully saturated rings. The molecule has 0 amide bonds. The van der Waals surface area contributed by atoms with E-state index in [1.807, 2.05) is 74.4 Å². The number of anilines is 1. The van der Waals surface area contributed by atoms with Gasteiger partial charge in [0, 0.05) is 38.7 Å². The number of fused-ring (bicyclic) bond motifs is 1. The van der Waals surface area contributed by atoms with Crippen LogP contribution in [0.25, 0.3) is 22.3 Å². The molecule has 0 bridgehead atoms. The summed E-state index contributed by atoms with van der Waals surface area (Å²) >= 11 is 0. The highest BCUT2D eigenvalue weighted by Crippen LogP contribution is 2.48. The zero-order chi connectivity index (χ0) is 45.5. The molecule has 0 radical (unpaired) electrons. The number of nitrogen functional groups attached to an aromatic ring is 1. The lowest BCUT2D eigenvalue weighted by Crippen LogP contribution is -2.33. The Kier molecular flexibility index (Phi) is 3.18. The lowest BCUT2D eigenvalue weighted by atomic mass is 9.63. The molecule has 0 spiro atoms. The standard InChI is InChI=1S/C38H53N/c1-34(2,3)26-18-25(19-27(21-26)35(4,5)6)30-23-28(36(7,8)9)22-29(33(30)39)24-14-15-31-32(20-24)38(12,13)17-16-37(31,10)11/h14-15,18-23H,16-17,39H2,1-13H3/i10D3,11D3,12D3,13D3,14D,15D,16D2,17D2,20D. The summed E-state index contributed by atoms with van der Waals surface area (Å²) in [5.74, 6) is 0. The Balaban J connectivity index is 2.49. The van der Waals surface area contributed by atoms with Crippen molar-refractivity contribution in [3.63, 3.8) is 0 Å². The third-order valence-electron chi connectivity index (χ3n) is 7.29. The summed E-state index contributed by atoms with van der Waals surface area (Å²) in [7, 11) is 0. The summed E-state index contributed by atoms with van der Waals surface area (Å²) < 4.78 is 168. The molecule has 210 valence electrons. The molecule has 39 heavy (non-hydrogen) atoms. The van der Waals surface area contributed by atoms with E-state index in [1.54, 1.807) is 6.07 Å². The fourth-order valence-corrected chi connectivity index (χ4v) is 4.60. The van der Waals surface area contributed by atoms with Crippen LogP contribution >= 0.6 is 0 Å². The van der Waals surface area contributed by atoms with Crippen LogP contribution in [0.1, 0.15) is 156 Å². The maximum atomic E-state index is 9.72. The van der Waals surface area contributed by atoms with Gasteiger partial charge in [0.05, 0.1) is 4.11 Å². The van der Waals surface area contributed by atoms with Gasteiger partial charge in [-0.05, 0) is 90.9 Å². The van der Waals surface area contributed by atoms with Crippen LogP contribution in [0.4, 0.5) is 5.69 Å². The first kappa shape index (κ1) is 13.4. The normalized spacial score (nSPS) is 28.2. The molecule has 1 aliphatic rings. The van der Waals surface area contributed by atoms with Gasteiger partial charge in [0.2, 0.25) is 0 Å². The fourth-order valence-electron chi connectivity index (χ4n) is 4.60. The van der Waals surface area contributed by atoms with Crippen molar-refractivity contribution in [1.82, 2.24) is 0 Å². The lowest BCUT2D eigenvalue weighted by molar-refractivity contribution is 0.332. The van der Waals surface area contributed by atoms with Gasteiger partial charge in [0.1, 0.15) is 0 Å². The highest BCUT2D eigenvalue weighted by molar-refractivity contribution is 5.90. The van der Waals surface area contributed by atoms with Crippen molar-refractivity contribution >= 4 is 5.69 Å². The van der Waals surface area contributed by atoms with Gasteiger partial charge < -0.3 is 5.73 Å². The molecule has 0 aliphatic heterocycles. The second-order valence-corrected chi connectivity index (χ2v) is 13.8. The monoisotopic (exact) mass is 543 g/mol. The fraction of sp³-hybridized carbons (Fsp3) is 0.526. The summed E-state index contributed by atoms with van der Waals surface area (Å²) in [5.41, 5.74) is -3.38. The predicted molar refractivity (Wildman–Crippen MR) is 173 cm³/mol. The molecular formula is C38H53N. The second kappa shape index (κ2) is 9.25. The molecular weight excluding hydrogens is 470 g/mol. The van der Waals surface area contributed by atoms with Crippen molar-refractivity contribution in [1.29, 1.82) is 0 Å². The largest absolute Gasteiger partial charge is 0.398 e. The first-order valence-electron chi connectivity index (χ1n) is 22.7. The van der Waals surface area contributed by atoms with E-state index < -0.39 is 91.2 Å². The molecule has 1 heteroatoms. The molecule has 3 aromatic rings. The summed E-state index contributed by atoms with van der Waals surface area (Å²) in [6.07, 6.45) is -8.83. The van der Waals surface area contributed by atoms with Gasteiger partial charge in [-0.2, -0.15) is 0 Å². The smallest absolute Gasteiger partial charge is 0.0632 e. The average Bonchev–Trinajstić information content (AvgIpc) is 2.97. The van der Waals surface area contributed by atoms with Crippen LogP contribution < -0.4 is 5.73 Å². The van der Waals surface area contributed by atoms with Crippen LogP contribution in [-0.4, -0.2) is 0 Å². The second-order valence-electron chi connectivity index (χ2n) is 13.8. The quantitative estimate of drug-likeness (QED) is 0.320. The van der Waals surface area contributed by atoms with Gasteiger partial charge >= 0.3 is 0 Å². The summed E-state index contributed by atoms with van der Waals surface area (Å²) in [6.45, 7) is 1.17. The highest BCUT2D eigenvalue weighted by Gasteiger charge is 2.37. The van der Waals surface area contributed by atoms with Crippen LogP contribution in [0.2, 0.25) is 0 Å². The van der Waals surface area contributed by atoms with Crippen molar-refractivity contribution in [2.24, 2.45) is 0 Å². The Morgan fingerprint density at radius 3 is 1.54 bits per heavy atom. The number of hydrogen-bond donors (Lipinski definition) is 1. The zero-order valence-electron chi connectivity index (χ0n) is 43.5. The average molecular weight is 543 g/mol. The molecule has 0 saturated carbocycles. The Labute approximate surface area is 266 Å². The van der Waals surface area contributed by atoms with E-state index in [-0.39, 0.29) is 22.1 Å². The molecule has 3 aromatic carbocycles. The highest BCUT2D eigenvalue weighted by atomic mass is 14.6. The third-order valence-corrected chi connectivity index (χ3v) is 7.29. The van der Waals surface area contributed by atoms with E-state index in [9.17, 15) is 6.85 Å². The Bertz CT molecular complexity index is 2070. The van der Waals surface area contributed by atoms with Gasteiger partial charge in [-0.1, -0.05) is 126 Å². The van der Waals surface area contributed by atoms with Gasteiger partial charge in [0.15, 0.2) is 0 Å². The summed E-state index contributed by atoms with van der Waals surface area (Å²) in [5, 5.41) is 0. The lowest BCUT2D eigenvalue weighted by Gasteiger charge is -2.42. The molecule has 0 aromatic heterocycles. The van der Waals surface area contributed by atoms with E-state index in [4.69, 9.17) is 24.9 Å². The molecule has 4 rings (SSSR count). The van der Waals surface area contributed by atoms with Crippen molar-refractivity contribution in [2.75, 3.05) is 5.73 Å². The van der Waals surface area contributed by atoms with Crippen LogP contribution in [-0.2, 0) is 27.1 Å². The van der Waals surface area contributed by atoms with E-state index in [2.05, 4.69) is 6.07 Å². The van der Waals surface area contributed by atoms with Crippen LogP contribution in [0.15, 0.2) is 48.5 Å².